The minimum Gasteiger partial charge on any atom is -0.314 e. The highest BCUT2D eigenvalue weighted by molar-refractivity contribution is 7.59. The minimum absolute atomic E-state index is 0. The summed E-state index contributed by atoms with van der Waals surface area (Å²) >= 11 is 0. The van der Waals surface area contributed by atoms with Crippen LogP contribution >= 0.6 is 13.5 Å². The topological polar surface area (TPSA) is 15.3 Å². The monoisotopic (exact) mass is 214 g/mol. The molecule has 0 aromatic heterocycles. The lowest BCUT2D eigenvalue weighted by atomic mass is 9.87. The van der Waals surface area contributed by atoms with Crippen molar-refractivity contribution in [2.45, 2.75) is 26.8 Å². The van der Waals surface area contributed by atoms with Crippen molar-refractivity contribution in [3.05, 3.63) is 11.6 Å². The van der Waals surface area contributed by atoms with E-state index in [1.54, 1.807) is 5.57 Å². The molecule has 2 aliphatic rings. The first-order chi connectivity index (χ1) is 6.07. The van der Waals surface area contributed by atoms with Gasteiger partial charge >= 0.3 is 0 Å². The summed E-state index contributed by atoms with van der Waals surface area (Å²) < 4.78 is 0. The molecule has 0 amide bonds. The van der Waals surface area contributed by atoms with Gasteiger partial charge in [0.2, 0.25) is 0 Å². The standard InChI is InChI=1S/C11H20N2.H2S/c1-11(2,3)9-6-10-7-12-4-5-13(10)8-9;/h6,10,12H,4-5,7-8H2,1-3H3;1H2/t10-;/m0./s1. The third-order valence-corrected chi connectivity index (χ3v) is 3.13. The van der Waals surface area contributed by atoms with Crippen molar-refractivity contribution in [1.29, 1.82) is 0 Å². The first-order valence-corrected chi connectivity index (χ1v) is 5.23. The lowest BCUT2D eigenvalue weighted by molar-refractivity contribution is 0.222. The predicted octanol–water partition coefficient (Wildman–Crippen LogP) is 1.36. The number of fused-ring (bicyclic) bond motifs is 1. The van der Waals surface area contributed by atoms with Crippen LogP contribution in [-0.4, -0.2) is 37.1 Å². The van der Waals surface area contributed by atoms with Crippen molar-refractivity contribution >= 4 is 13.5 Å². The molecule has 0 saturated carbocycles. The van der Waals surface area contributed by atoms with Gasteiger partial charge in [0.15, 0.2) is 0 Å². The van der Waals surface area contributed by atoms with Crippen molar-refractivity contribution in [2.75, 3.05) is 26.2 Å². The molecule has 0 aliphatic carbocycles. The summed E-state index contributed by atoms with van der Waals surface area (Å²) in [6.45, 7) is 11.6. The minimum atomic E-state index is 0. The molecule has 2 heterocycles. The van der Waals surface area contributed by atoms with Gasteiger partial charge in [-0.1, -0.05) is 32.4 Å². The molecule has 1 fully saturated rings. The molecule has 1 saturated heterocycles. The van der Waals surface area contributed by atoms with Crippen molar-refractivity contribution in [3.63, 3.8) is 0 Å². The zero-order valence-corrected chi connectivity index (χ0v) is 10.4. The summed E-state index contributed by atoms with van der Waals surface area (Å²) in [5, 5.41) is 3.44. The number of rotatable bonds is 0. The second-order valence-electron chi connectivity index (χ2n) is 5.18. The van der Waals surface area contributed by atoms with Crippen LogP contribution in [0.1, 0.15) is 20.8 Å². The Hall–Kier alpha value is 0.0100. The largest absolute Gasteiger partial charge is 0.314 e. The maximum absolute atomic E-state index is 3.44. The first kappa shape index (κ1) is 12.1. The van der Waals surface area contributed by atoms with Crippen LogP contribution in [0.25, 0.3) is 0 Å². The second-order valence-corrected chi connectivity index (χ2v) is 5.18. The Labute approximate surface area is 94.2 Å². The molecule has 14 heavy (non-hydrogen) atoms. The van der Waals surface area contributed by atoms with E-state index in [1.807, 2.05) is 0 Å². The van der Waals surface area contributed by atoms with Crippen LogP contribution in [0.3, 0.4) is 0 Å². The molecule has 2 nitrogen and oxygen atoms in total. The van der Waals surface area contributed by atoms with Gasteiger partial charge in [-0.05, 0) is 5.41 Å². The van der Waals surface area contributed by atoms with Gasteiger partial charge < -0.3 is 5.32 Å². The van der Waals surface area contributed by atoms with E-state index in [1.165, 1.54) is 13.1 Å². The Morgan fingerprint density at radius 2 is 2.14 bits per heavy atom. The highest BCUT2D eigenvalue weighted by Crippen LogP contribution is 2.31. The molecule has 2 aliphatic heterocycles. The third-order valence-electron chi connectivity index (χ3n) is 3.13. The van der Waals surface area contributed by atoms with E-state index >= 15 is 0 Å². The highest BCUT2D eigenvalue weighted by atomic mass is 32.1. The fourth-order valence-corrected chi connectivity index (χ4v) is 2.12. The predicted molar refractivity (Wildman–Crippen MR) is 66.1 cm³/mol. The van der Waals surface area contributed by atoms with Crippen molar-refractivity contribution in [3.8, 4) is 0 Å². The zero-order valence-electron chi connectivity index (χ0n) is 9.43. The average Bonchev–Trinajstić information content (AvgIpc) is 2.45. The van der Waals surface area contributed by atoms with E-state index in [0.717, 1.165) is 13.1 Å². The Balaban J connectivity index is 0.000000980. The molecule has 1 atom stereocenters. The summed E-state index contributed by atoms with van der Waals surface area (Å²) in [6.07, 6.45) is 2.46. The van der Waals surface area contributed by atoms with Crippen molar-refractivity contribution < 1.29 is 0 Å². The van der Waals surface area contributed by atoms with Gasteiger partial charge in [-0.3, -0.25) is 4.90 Å². The lowest BCUT2D eigenvalue weighted by Crippen LogP contribution is -2.48. The van der Waals surface area contributed by atoms with Crippen LogP contribution in [0.2, 0.25) is 0 Å². The van der Waals surface area contributed by atoms with Gasteiger partial charge in [0.1, 0.15) is 0 Å². The summed E-state index contributed by atoms with van der Waals surface area (Å²) in [5.41, 5.74) is 1.97. The fraction of sp³-hybridized carbons (Fsp3) is 0.818. The van der Waals surface area contributed by atoms with Crippen LogP contribution in [0.4, 0.5) is 0 Å². The van der Waals surface area contributed by atoms with Gasteiger partial charge in [0, 0.05) is 32.2 Å². The molecule has 3 heteroatoms. The van der Waals surface area contributed by atoms with Crippen LogP contribution in [0.5, 0.6) is 0 Å². The van der Waals surface area contributed by atoms with Crippen LogP contribution < -0.4 is 5.32 Å². The highest BCUT2D eigenvalue weighted by Gasteiger charge is 2.31. The second kappa shape index (κ2) is 4.25. The Bertz CT molecular complexity index is 230. The number of nitrogens with one attached hydrogen (secondary N) is 1. The number of hydrogen-bond donors (Lipinski definition) is 1. The van der Waals surface area contributed by atoms with E-state index in [-0.39, 0.29) is 13.5 Å². The van der Waals surface area contributed by atoms with Crippen LogP contribution in [-0.2, 0) is 0 Å². The van der Waals surface area contributed by atoms with Crippen LogP contribution in [0.15, 0.2) is 11.6 Å². The zero-order chi connectivity index (χ0) is 9.47. The number of piperazine rings is 1. The summed E-state index contributed by atoms with van der Waals surface area (Å²) in [5.74, 6) is 0. The molecule has 0 aromatic carbocycles. The molecule has 2 rings (SSSR count). The lowest BCUT2D eigenvalue weighted by Gasteiger charge is -2.30. The smallest absolute Gasteiger partial charge is 0.0410 e. The fourth-order valence-electron chi connectivity index (χ4n) is 2.12. The summed E-state index contributed by atoms with van der Waals surface area (Å²) in [4.78, 5) is 2.58. The SMILES string of the molecule is CC(C)(C)C1=C[C@H]2CNCCN2C1.S. The summed E-state index contributed by atoms with van der Waals surface area (Å²) in [7, 11) is 0. The van der Waals surface area contributed by atoms with Crippen LogP contribution in [0, 0.1) is 5.41 Å². The quantitative estimate of drug-likeness (QED) is 0.613. The molecular weight excluding hydrogens is 192 g/mol. The van der Waals surface area contributed by atoms with Gasteiger partial charge in [-0.25, -0.2) is 0 Å². The third kappa shape index (κ3) is 2.33. The average molecular weight is 214 g/mol. The van der Waals surface area contributed by atoms with E-state index in [0.29, 0.717) is 11.5 Å². The molecule has 0 aromatic rings. The molecule has 0 bridgehead atoms. The molecule has 0 unspecified atom stereocenters. The normalized spacial score (nSPS) is 27.9. The molecule has 1 N–H and O–H groups in total. The van der Waals surface area contributed by atoms with Gasteiger partial charge in [0.05, 0.1) is 0 Å². The van der Waals surface area contributed by atoms with E-state index in [4.69, 9.17) is 0 Å². The van der Waals surface area contributed by atoms with Gasteiger partial charge in [0.25, 0.3) is 0 Å². The van der Waals surface area contributed by atoms with Gasteiger partial charge in [-0.15, -0.1) is 0 Å². The van der Waals surface area contributed by atoms with Gasteiger partial charge in [-0.2, -0.15) is 13.5 Å². The van der Waals surface area contributed by atoms with Crippen molar-refractivity contribution in [1.82, 2.24) is 10.2 Å². The molecule has 0 radical (unpaired) electrons. The summed E-state index contributed by atoms with van der Waals surface area (Å²) in [6, 6.07) is 0.669. The van der Waals surface area contributed by atoms with E-state index in [2.05, 4.69) is 37.1 Å². The number of nitrogens with zero attached hydrogens (tertiary/aromatic N) is 1. The molecule has 82 valence electrons. The maximum Gasteiger partial charge on any atom is 0.0410 e. The maximum atomic E-state index is 3.44. The number of hydrogen-bond acceptors (Lipinski definition) is 2. The van der Waals surface area contributed by atoms with Crippen molar-refractivity contribution in [2.24, 2.45) is 5.41 Å². The Morgan fingerprint density at radius 1 is 1.43 bits per heavy atom. The molecule has 0 spiro atoms. The molecular formula is C11H22N2S. The van der Waals surface area contributed by atoms with E-state index in [9.17, 15) is 0 Å². The Kier molecular flexibility index (Phi) is 3.67. The first-order valence-electron chi connectivity index (χ1n) is 5.23. The Morgan fingerprint density at radius 3 is 2.71 bits per heavy atom. The van der Waals surface area contributed by atoms with E-state index < -0.39 is 0 Å².